The van der Waals surface area contributed by atoms with Gasteiger partial charge < -0.3 is 19.4 Å². The van der Waals surface area contributed by atoms with E-state index in [4.69, 9.17) is 9.15 Å². The van der Waals surface area contributed by atoms with Gasteiger partial charge in [0.05, 0.1) is 18.6 Å². The van der Waals surface area contributed by atoms with E-state index in [1.54, 1.807) is 19.3 Å². The first-order chi connectivity index (χ1) is 9.35. The molecule has 0 aromatic carbocycles. The molecule has 1 aromatic heterocycles. The van der Waals surface area contributed by atoms with E-state index in [2.05, 4.69) is 0 Å². The molecule has 1 aromatic rings. The Kier molecular flexibility index (Phi) is 2.81. The van der Waals surface area contributed by atoms with Gasteiger partial charge in [0.15, 0.2) is 0 Å². The van der Waals surface area contributed by atoms with Gasteiger partial charge in [0, 0.05) is 17.1 Å². The SMILES string of the molecule is CC1(O)C2=CC(=O)OC(c3ccoc3)C2(C)CCC1O. The van der Waals surface area contributed by atoms with Crippen LogP contribution in [0.15, 0.2) is 34.7 Å². The molecule has 108 valence electrons. The molecule has 2 heterocycles. The molecule has 1 aliphatic carbocycles. The highest BCUT2D eigenvalue weighted by molar-refractivity contribution is 5.85. The lowest BCUT2D eigenvalue weighted by molar-refractivity contribution is -0.161. The zero-order valence-corrected chi connectivity index (χ0v) is 11.5. The highest BCUT2D eigenvalue weighted by Gasteiger charge is 2.55. The normalized spacial score (nSPS) is 40.8. The van der Waals surface area contributed by atoms with Gasteiger partial charge in [-0.25, -0.2) is 4.79 Å². The van der Waals surface area contributed by atoms with Crippen molar-refractivity contribution in [1.82, 2.24) is 0 Å². The second kappa shape index (κ2) is 4.20. The van der Waals surface area contributed by atoms with Gasteiger partial charge in [0.25, 0.3) is 0 Å². The maximum absolute atomic E-state index is 11.8. The minimum atomic E-state index is -1.42. The highest BCUT2D eigenvalue weighted by Crippen LogP contribution is 2.56. The molecule has 1 fully saturated rings. The van der Waals surface area contributed by atoms with Crippen molar-refractivity contribution in [1.29, 1.82) is 0 Å². The van der Waals surface area contributed by atoms with Gasteiger partial charge >= 0.3 is 5.97 Å². The number of aliphatic hydroxyl groups excluding tert-OH is 1. The standard InChI is InChI=1S/C15H18O5/c1-14-5-3-11(16)15(2,18)10(14)7-12(17)20-13(14)9-4-6-19-8-9/h4,6-8,11,13,16,18H,3,5H2,1-2H3. The van der Waals surface area contributed by atoms with Gasteiger partial charge in [0.2, 0.25) is 0 Å². The van der Waals surface area contributed by atoms with E-state index in [0.717, 1.165) is 5.56 Å². The van der Waals surface area contributed by atoms with Crippen LogP contribution < -0.4 is 0 Å². The molecule has 4 atom stereocenters. The number of carbonyl (C=O) groups is 1. The Hall–Kier alpha value is -1.59. The first-order valence-electron chi connectivity index (χ1n) is 6.71. The first kappa shape index (κ1) is 13.4. The number of ether oxygens (including phenoxy) is 1. The number of hydrogen-bond donors (Lipinski definition) is 2. The summed E-state index contributed by atoms with van der Waals surface area (Å²) in [4.78, 5) is 11.8. The number of furan rings is 1. The molecule has 20 heavy (non-hydrogen) atoms. The molecule has 4 unspecified atom stereocenters. The number of hydrogen-bond acceptors (Lipinski definition) is 5. The largest absolute Gasteiger partial charge is 0.472 e. The second-order valence-corrected chi connectivity index (χ2v) is 6.05. The zero-order chi connectivity index (χ0) is 14.5. The molecule has 5 heteroatoms. The Labute approximate surface area is 116 Å². The third-order valence-electron chi connectivity index (χ3n) is 4.67. The van der Waals surface area contributed by atoms with Crippen LogP contribution in [0.1, 0.15) is 38.4 Å². The van der Waals surface area contributed by atoms with Crippen molar-refractivity contribution in [2.75, 3.05) is 0 Å². The molecule has 1 aliphatic heterocycles. The lowest BCUT2D eigenvalue weighted by Gasteiger charge is -2.51. The summed E-state index contributed by atoms with van der Waals surface area (Å²) in [6.07, 6.45) is 4.09. The Morgan fingerprint density at radius 3 is 2.80 bits per heavy atom. The summed E-state index contributed by atoms with van der Waals surface area (Å²) in [5.74, 6) is -0.502. The van der Waals surface area contributed by atoms with E-state index in [9.17, 15) is 15.0 Å². The van der Waals surface area contributed by atoms with E-state index in [0.29, 0.717) is 18.4 Å². The highest BCUT2D eigenvalue weighted by atomic mass is 16.5. The number of carbonyl (C=O) groups excluding carboxylic acids is 1. The minimum absolute atomic E-state index is 0.451. The van der Waals surface area contributed by atoms with Crippen LogP contribution in [0.5, 0.6) is 0 Å². The van der Waals surface area contributed by atoms with Crippen LogP contribution in [0.25, 0.3) is 0 Å². The number of aliphatic hydroxyl groups is 2. The van der Waals surface area contributed by atoms with Crippen LogP contribution in [-0.4, -0.2) is 27.9 Å². The molecular weight excluding hydrogens is 260 g/mol. The average Bonchev–Trinajstić information content (AvgIpc) is 2.90. The van der Waals surface area contributed by atoms with Crippen molar-refractivity contribution in [2.45, 2.75) is 44.5 Å². The maximum atomic E-state index is 11.8. The fraction of sp³-hybridized carbons (Fsp3) is 0.533. The minimum Gasteiger partial charge on any atom is -0.472 e. The third-order valence-corrected chi connectivity index (χ3v) is 4.67. The summed E-state index contributed by atoms with van der Waals surface area (Å²) in [6, 6.07) is 1.76. The van der Waals surface area contributed by atoms with Crippen LogP contribution in [-0.2, 0) is 9.53 Å². The van der Waals surface area contributed by atoms with Crippen molar-refractivity contribution in [3.63, 3.8) is 0 Å². The van der Waals surface area contributed by atoms with Crippen molar-refractivity contribution in [2.24, 2.45) is 5.41 Å². The Morgan fingerprint density at radius 2 is 2.15 bits per heavy atom. The number of cyclic esters (lactones) is 1. The Bertz CT molecular complexity index is 557. The summed E-state index contributed by atoms with van der Waals surface area (Å²) in [7, 11) is 0. The topological polar surface area (TPSA) is 79.9 Å². The van der Waals surface area contributed by atoms with E-state index < -0.39 is 29.2 Å². The summed E-state index contributed by atoms with van der Waals surface area (Å²) in [5, 5.41) is 20.6. The van der Waals surface area contributed by atoms with Crippen LogP contribution in [0.4, 0.5) is 0 Å². The van der Waals surface area contributed by atoms with Gasteiger partial charge in [-0.2, -0.15) is 0 Å². The zero-order valence-electron chi connectivity index (χ0n) is 11.5. The van der Waals surface area contributed by atoms with E-state index >= 15 is 0 Å². The smallest absolute Gasteiger partial charge is 0.331 e. The van der Waals surface area contributed by atoms with Crippen molar-refractivity contribution >= 4 is 5.97 Å². The van der Waals surface area contributed by atoms with E-state index in [-0.39, 0.29) is 0 Å². The van der Waals surface area contributed by atoms with Crippen LogP contribution in [0, 0.1) is 5.41 Å². The monoisotopic (exact) mass is 278 g/mol. The van der Waals surface area contributed by atoms with Crippen LogP contribution in [0.2, 0.25) is 0 Å². The van der Waals surface area contributed by atoms with Crippen LogP contribution >= 0.6 is 0 Å². The van der Waals surface area contributed by atoms with Gasteiger partial charge in [0.1, 0.15) is 11.7 Å². The first-order valence-corrected chi connectivity index (χ1v) is 6.71. The fourth-order valence-electron chi connectivity index (χ4n) is 3.45. The lowest BCUT2D eigenvalue weighted by atomic mass is 9.59. The summed E-state index contributed by atoms with van der Waals surface area (Å²) < 4.78 is 10.5. The predicted molar refractivity (Wildman–Crippen MR) is 69.6 cm³/mol. The Balaban J connectivity index is 2.11. The molecule has 2 N–H and O–H groups in total. The quantitative estimate of drug-likeness (QED) is 0.764. The molecule has 0 amide bonds. The van der Waals surface area contributed by atoms with Gasteiger partial charge in [-0.05, 0) is 31.4 Å². The summed E-state index contributed by atoms with van der Waals surface area (Å²) in [6.45, 7) is 3.50. The van der Waals surface area contributed by atoms with Crippen molar-refractivity contribution in [3.8, 4) is 0 Å². The van der Waals surface area contributed by atoms with Gasteiger partial charge in [-0.1, -0.05) is 6.92 Å². The molecule has 5 nitrogen and oxygen atoms in total. The molecule has 3 rings (SSSR count). The molecule has 0 bridgehead atoms. The number of fused-ring (bicyclic) bond motifs is 1. The molecular formula is C15H18O5. The average molecular weight is 278 g/mol. The molecule has 0 saturated heterocycles. The van der Waals surface area contributed by atoms with Gasteiger partial charge in [-0.3, -0.25) is 0 Å². The molecule has 1 saturated carbocycles. The second-order valence-electron chi connectivity index (χ2n) is 6.05. The molecule has 0 radical (unpaired) electrons. The lowest BCUT2D eigenvalue weighted by Crippen LogP contribution is -2.54. The van der Waals surface area contributed by atoms with E-state index in [1.807, 2.05) is 6.92 Å². The van der Waals surface area contributed by atoms with Crippen LogP contribution in [0.3, 0.4) is 0 Å². The van der Waals surface area contributed by atoms with Gasteiger partial charge in [-0.15, -0.1) is 0 Å². The summed E-state index contributed by atoms with van der Waals surface area (Å²) in [5.41, 5.74) is -0.667. The number of rotatable bonds is 1. The fourth-order valence-corrected chi connectivity index (χ4v) is 3.45. The predicted octanol–water partition coefficient (Wildman–Crippen LogP) is 1.72. The van der Waals surface area contributed by atoms with Crippen molar-refractivity contribution in [3.05, 3.63) is 35.8 Å². The number of esters is 1. The third kappa shape index (κ3) is 1.73. The molecule has 2 aliphatic rings. The Morgan fingerprint density at radius 1 is 1.40 bits per heavy atom. The van der Waals surface area contributed by atoms with E-state index in [1.165, 1.54) is 12.3 Å². The molecule has 0 spiro atoms. The van der Waals surface area contributed by atoms with Crippen molar-refractivity contribution < 1.29 is 24.2 Å². The summed E-state index contributed by atoms with van der Waals surface area (Å²) >= 11 is 0. The maximum Gasteiger partial charge on any atom is 0.331 e.